The molecular formula is C17H22N2O7S. The summed E-state index contributed by atoms with van der Waals surface area (Å²) < 4.78 is 37.6. The summed E-state index contributed by atoms with van der Waals surface area (Å²) >= 11 is 0. The largest absolute Gasteiger partial charge is 0.479 e. The summed E-state index contributed by atoms with van der Waals surface area (Å²) in [6.07, 6.45) is -1.08. The summed E-state index contributed by atoms with van der Waals surface area (Å²) in [6.45, 7) is 3.18. The molecule has 2 saturated heterocycles. The maximum Gasteiger partial charge on any atom is 0.334 e. The van der Waals surface area contributed by atoms with Crippen molar-refractivity contribution in [3.63, 3.8) is 0 Å². The molecule has 1 unspecified atom stereocenters. The number of hydrogen-bond acceptors (Lipinski definition) is 6. The van der Waals surface area contributed by atoms with E-state index < -0.39 is 28.0 Å². The van der Waals surface area contributed by atoms with Crippen LogP contribution in [0.2, 0.25) is 0 Å². The van der Waals surface area contributed by atoms with Gasteiger partial charge in [-0.1, -0.05) is 6.07 Å². The van der Waals surface area contributed by atoms with Crippen molar-refractivity contribution >= 4 is 21.9 Å². The Morgan fingerprint density at radius 2 is 1.85 bits per heavy atom. The monoisotopic (exact) mass is 398 g/mol. The molecule has 148 valence electrons. The average Bonchev–Trinajstić information content (AvgIpc) is 2.68. The number of carbonyl (C=O) groups is 2. The molecule has 1 N–H and O–H groups in total. The Labute approximate surface area is 157 Å². The van der Waals surface area contributed by atoms with E-state index in [4.69, 9.17) is 14.6 Å². The summed E-state index contributed by atoms with van der Waals surface area (Å²) in [6, 6.07) is 4.52. The lowest BCUT2D eigenvalue weighted by Crippen LogP contribution is -2.48. The Morgan fingerprint density at radius 1 is 1.15 bits per heavy atom. The molecule has 2 fully saturated rings. The fraction of sp³-hybridized carbons (Fsp3) is 0.529. The van der Waals surface area contributed by atoms with Crippen molar-refractivity contribution in [2.75, 3.05) is 46.0 Å². The van der Waals surface area contributed by atoms with Gasteiger partial charge in [-0.2, -0.15) is 4.31 Å². The number of amides is 1. The molecule has 2 aliphatic rings. The highest BCUT2D eigenvalue weighted by Crippen LogP contribution is 2.23. The number of carboxylic acids is 1. The van der Waals surface area contributed by atoms with Crippen molar-refractivity contribution in [3.05, 3.63) is 29.3 Å². The molecule has 0 aromatic heterocycles. The Kier molecular flexibility index (Phi) is 5.80. The highest BCUT2D eigenvalue weighted by atomic mass is 32.2. The summed E-state index contributed by atoms with van der Waals surface area (Å²) in [7, 11) is -3.74. The summed E-state index contributed by atoms with van der Waals surface area (Å²) in [5.41, 5.74) is 0.752. The average molecular weight is 398 g/mol. The lowest BCUT2D eigenvalue weighted by molar-refractivity contribution is -0.154. The Hall–Kier alpha value is -2.01. The Morgan fingerprint density at radius 3 is 2.52 bits per heavy atom. The van der Waals surface area contributed by atoms with Crippen LogP contribution in [-0.4, -0.2) is 86.7 Å². The van der Waals surface area contributed by atoms with Crippen LogP contribution in [0.1, 0.15) is 15.9 Å². The van der Waals surface area contributed by atoms with E-state index in [2.05, 4.69) is 0 Å². The molecule has 2 heterocycles. The molecule has 2 aliphatic heterocycles. The molecule has 0 saturated carbocycles. The Balaban J connectivity index is 1.86. The van der Waals surface area contributed by atoms with E-state index in [1.807, 2.05) is 0 Å². The zero-order valence-electron chi connectivity index (χ0n) is 15.0. The number of aryl methyl sites for hydroxylation is 1. The molecular weight excluding hydrogens is 376 g/mol. The molecule has 1 amide bonds. The van der Waals surface area contributed by atoms with E-state index in [1.165, 1.54) is 15.3 Å². The number of benzene rings is 1. The first-order valence-electron chi connectivity index (χ1n) is 8.63. The van der Waals surface area contributed by atoms with Crippen LogP contribution in [-0.2, 0) is 24.3 Å². The van der Waals surface area contributed by atoms with Gasteiger partial charge in [-0.05, 0) is 24.6 Å². The van der Waals surface area contributed by atoms with Crippen LogP contribution in [0.15, 0.2) is 23.1 Å². The number of nitrogens with zero attached hydrogens (tertiary/aromatic N) is 2. The van der Waals surface area contributed by atoms with Gasteiger partial charge >= 0.3 is 5.97 Å². The predicted octanol–water partition coefficient (Wildman–Crippen LogP) is -0.0585. The number of aliphatic carboxylic acids is 1. The first-order valence-corrected chi connectivity index (χ1v) is 10.1. The van der Waals surface area contributed by atoms with Gasteiger partial charge in [0.15, 0.2) is 6.10 Å². The van der Waals surface area contributed by atoms with Crippen molar-refractivity contribution in [1.29, 1.82) is 0 Å². The summed E-state index contributed by atoms with van der Waals surface area (Å²) in [5, 5.41) is 9.08. The van der Waals surface area contributed by atoms with Gasteiger partial charge in [0, 0.05) is 25.2 Å². The number of rotatable bonds is 4. The molecule has 0 spiro atoms. The van der Waals surface area contributed by atoms with Crippen LogP contribution < -0.4 is 0 Å². The fourth-order valence-corrected chi connectivity index (χ4v) is 4.76. The molecule has 3 rings (SSSR count). The second-order valence-electron chi connectivity index (χ2n) is 6.45. The van der Waals surface area contributed by atoms with Crippen LogP contribution in [0.4, 0.5) is 0 Å². The molecule has 0 radical (unpaired) electrons. The van der Waals surface area contributed by atoms with Gasteiger partial charge in [0.05, 0.1) is 31.3 Å². The predicted molar refractivity (Wildman–Crippen MR) is 94.0 cm³/mol. The normalized spacial score (nSPS) is 21.8. The molecule has 0 aliphatic carbocycles. The third-order valence-electron chi connectivity index (χ3n) is 4.65. The van der Waals surface area contributed by atoms with Gasteiger partial charge in [0.2, 0.25) is 10.0 Å². The minimum Gasteiger partial charge on any atom is -0.479 e. The summed E-state index contributed by atoms with van der Waals surface area (Å²) in [5.74, 6) is -1.55. The molecule has 0 bridgehead atoms. The Bertz CT molecular complexity index is 834. The molecule has 1 aromatic rings. The standard InChI is InChI=1S/C17H22N2O7S/c1-12-2-3-13(16(20)18-4-9-26-14(11-18)17(21)22)10-15(12)27(23,24)19-5-7-25-8-6-19/h2-3,10,14H,4-9,11H2,1H3,(H,21,22). The number of carbonyl (C=O) groups excluding carboxylic acids is 1. The van der Waals surface area contributed by atoms with Crippen LogP contribution in [0.3, 0.4) is 0 Å². The molecule has 1 aromatic carbocycles. The first-order chi connectivity index (χ1) is 12.8. The van der Waals surface area contributed by atoms with Gasteiger partial charge in [-0.15, -0.1) is 0 Å². The van der Waals surface area contributed by atoms with Crippen molar-refractivity contribution in [2.45, 2.75) is 17.9 Å². The first kappa shape index (κ1) is 19.7. The molecule has 9 nitrogen and oxygen atoms in total. The van der Waals surface area contributed by atoms with Gasteiger partial charge in [0.25, 0.3) is 5.91 Å². The van der Waals surface area contributed by atoms with Gasteiger partial charge in [-0.3, -0.25) is 4.79 Å². The molecule has 27 heavy (non-hydrogen) atoms. The van der Waals surface area contributed by atoms with Crippen molar-refractivity contribution in [3.8, 4) is 0 Å². The second kappa shape index (κ2) is 7.93. The maximum atomic E-state index is 12.9. The van der Waals surface area contributed by atoms with Crippen LogP contribution >= 0.6 is 0 Å². The van der Waals surface area contributed by atoms with E-state index in [1.54, 1.807) is 19.1 Å². The van der Waals surface area contributed by atoms with Crippen molar-refractivity contribution in [1.82, 2.24) is 9.21 Å². The van der Waals surface area contributed by atoms with Gasteiger partial charge in [0.1, 0.15) is 0 Å². The van der Waals surface area contributed by atoms with E-state index >= 15 is 0 Å². The third-order valence-corrected chi connectivity index (χ3v) is 6.69. The smallest absolute Gasteiger partial charge is 0.334 e. The quantitative estimate of drug-likeness (QED) is 0.756. The van der Waals surface area contributed by atoms with E-state index in [-0.39, 0.29) is 43.2 Å². The number of morpholine rings is 2. The lowest BCUT2D eigenvalue weighted by atomic mass is 10.1. The zero-order valence-corrected chi connectivity index (χ0v) is 15.8. The topological polar surface area (TPSA) is 113 Å². The molecule has 10 heteroatoms. The number of ether oxygens (including phenoxy) is 2. The van der Waals surface area contributed by atoms with Crippen LogP contribution in [0.5, 0.6) is 0 Å². The SMILES string of the molecule is Cc1ccc(C(=O)N2CCOC(C(=O)O)C2)cc1S(=O)(=O)N1CCOCC1. The molecule has 1 atom stereocenters. The van der Waals surface area contributed by atoms with E-state index in [0.29, 0.717) is 18.8 Å². The lowest BCUT2D eigenvalue weighted by Gasteiger charge is -2.31. The highest BCUT2D eigenvalue weighted by molar-refractivity contribution is 7.89. The van der Waals surface area contributed by atoms with E-state index in [0.717, 1.165) is 0 Å². The zero-order chi connectivity index (χ0) is 19.6. The van der Waals surface area contributed by atoms with Crippen LogP contribution in [0, 0.1) is 6.92 Å². The summed E-state index contributed by atoms with van der Waals surface area (Å²) in [4.78, 5) is 25.3. The third kappa shape index (κ3) is 4.13. The number of carboxylic acid groups (broad SMARTS) is 1. The van der Waals surface area contributed by atoms with Gasteiger partial charge < -0.3 is 19.5 Å². The highest BCUT2D eigenvalue weighted by Gasteiger charge is 2.32. The van der Waals surface area contributed by atoms with Crippen molar-refractivity contribution < 1.29 is 32.6 Å². The number of hydrogen-bond donors (Lipinski definition) is 1. The van der Waals surface area contributed by atoms with E-state index in [9.17, 15) is 18.0 Å². The minimum atomic E-state index is -3.74. The van der Waals surface area contributed by atoms with Crippen molar-refractivity contribution in [2.24, 2.45) is 0 Å². The number of sulfonamides is 1. The van der Waals surface area contributed by atoms with Gasteiger partial charge in [-0.25, -0.2) is 13.2 Å². The van der Waals surface area contributed by atoms with Crippen LogP contribution in [0.25, 0.3) is 0 Å². The fourth-order valence-electron chi connectivity index (χ4n) is 3.10. The maximum absolute atomic E-state index is 12.9. The minimum absolute atomic E-state index is 0.0758. The second-order valence-corrected chi connectivity index (χ2v) is 8.35.